The normalized spacial score (nSPS) is 16.9. The molecule has 0 unspecified atom stereocenters. The van der Waals surface area contributed by atoms with Gasteiger partial charge in [-0.05, 0) is 31.2 Å². The van der Waals surface area contributed by atoms with E-state index in [1.807, 2.05) is 0 Å². The number of anilines is 2. The lowest BCUT2D eigenvalue weighted by Gasteiger charge is -2.34. The molecule has 1 aromatic rings. The minimum atomic E-state index is -0.467. The predicted octanol–water partition coefficient (Wildman–Crippen LogP) is 1.37. The molecule has 1 heterocycles. The minimum Gasteiger partial charge on any atom is -0.399 e. The molecule has 1 amide bonds. The minimum absolute atomic E-state index is 0.143. The molecule has 0 radical (unpaired) electrons. The fourth-order valence-corrected chi connectivity index (χ4v) is 2.52. The van der Waals surface area contributed by atoms with Gasteiger partial charge in [0.1, 0.15) is 5.82 Å². The van der Waals surface area contributed by atoms with E-state index in [0.717, 1.165) is 39.1 Å². The van der Waals surface area contributed by atoms with E-state index in [0.29, 0.717) is 5.69 Å². The summed E-state index contributed by atoms with van der Waals surface area (Å²) in [5.41, 5.74) is 6.17. The SMILES string of the molecule is CCCN1CCN(CC(=O)Nc2cc(N)ccc2F)CC1. The highest BCUT2D eigenvalue weighted by atomic mass is 19.1. The number of rotatable bonds is 5. The summed E-state index contributed by atoms with van der Waals surface area (Å²) in [4.78, 5) is 16.5. The summed E-state index contributed by atoms with van der Waals surface area (Å²) >= 11 is 0. The average molecular weight is 294 g/mol. The van der Waals surface area contributed by atoms with Crippen LogP contribution in [0, 0.1) is 5.82 Å². The van der Waals surface area contributed by atoms with Crippen molar-refractivity contribution in [3.05, 3.63) is 24.0 Å². The van der Waals surface area contributed by atoms with Gasteiger partial charge < -0.3 is 16.0 Å². The number of benzene rings is 1. The molecule has 1 fully saturated rings. The third kappa shape index (κ3) is 4.68. The van der Waals surface area contributed by atoms with Crippen molar-refractivity contribution in [1.29, 1.82) is 0 Å². The molecule has 2 rings (SSSR count). The molecule has 0 saturated carbocycles. The predicted molar refractivity (Wildman–Crippen MR) is 82.6 cm³/mol. The van der Waals surface area contributed by atoms with Crippen LogP contribution in [0.3, 0.4) is 0 Å². The Bertz CT molecular complexity index is 487. The maximum absolute atomic E-state index is 13.6. The average Bonchev–Trinajstić information content (AvgIpc) is 2.45. The van der Waals surface area contributed by atoms with Crippen LogP contribution >= 0.6 is 0 Å². The number of carbonyl (C=O) groups is 1. The Morgan fingerprint density at radius 3 is 2.62 bits per heavy atom. The highest BCUT2D eigenvalue weighted by molar-refractivity contribution is 5.92. The van der Waals surface area contributed by atoms with E-state index < -0.39 is 5.82 Å². The van der Waals surface area contributed by atoms with Gasteiger partial charge >= 0.3 is 0 Å². The Labute approximate surface area is 124 Å². The second-order valence-electron chi connectivity index (χ2n) is 5.41. The van der Waals surface area contributed by atoms with Crippen molar-refractivity contribution < 1.29 is 9.18 Å². The second kappa shape index (κ2) is 7.38. The third-order valence-corrected chi connectivity index (χ3v) is 3.64. The van der Waals surface area contributed by atoms with Crippen LogP contribution in [-0.4, -0.2) is 55.0 Å². The molecular formula is C15H23FN4O. The number of carbonyl (C=O) groups excluding carboxylic acids is 1. The molecule has 0 bridgehead atoms. The smallest absolute Gasteiger partial charge is 0.238 e. The summed E-state index contributed by atoms with van der Waals surface area (Å²) in [6, 6.07) is 4.17. The Kier molecular flexibility index (Phi) is 5.52. The molecule has 0 atom stereocenters. The zero-order valence-corrected chi connectivity index (χ0v) is 12.4. The molecule has 116 valence electrons. The van der Waals surface area contributed by atoms with Gasteiger partial charge in [0.15, 0.2) is 0 Å². The number of nitrogens with one attached hydrogen (secondary N) is 1. The Hall–Kier alpha value is -1.66. The second-order valence-corrected chi connectivity index (χ2v) is 5.41. The zero-order valence-electron chi connectivity index (χ0n) is 12.4. The third-order valence-electron chi connectivity index (χ3n) is 3.64. The number of nitrogens with zero attached hydrogens (tertiary/aromatic N) is 2. The maximum Gasteiger partial charge on any atom is 0.238 e. The van der Waals surface area contributed by atoms with Crippen LogP contribution in [-0.2, 0) is 4.79 Å². The van der Waals surface area contributed by atoms with Gasteiger partial charge in [0.2, 0.25) is 5.91 Å². The highest BCUT2D eigenvalue weighted by Crippen LogP contribution is 2.17. The largest absolute Gasteiger partial charge is 0.399 e. The molecule has 0 aliphatic carbocycles. The molecule has 1 aliphatic heterocycles. The summed E-state index contributed by atoms with van der Waals surface area (Å²) in [6.07, 6.45) is 1.15. The van der Waals surface area contributed by atoms with Gasteiger partial charge in [0, 0.05) is 31.9 Å². The Morgan fingerprint density at radius 2 is 1.95 bits per heavy atom. The fraction of sp³-hybridized carbons (Fsp3) is 0.533. The van der Waals surface area contributed by atoms with Crippen LogP contribution in [0.5, 0.6) is 0 Å². The van der Waals surface area contributed by atoms with Gasteiger partial charge in [0.25, 0.3) is 0 Å². The zero-order chi connectivity index (χ0) is 15.2. The number of amides is 1. The lowest BCUT2D eigenvalue weighted by atomic mass is 10.2. The number of nitrogen functional groups attached to an aromatic ring is 1. The van der Waals surface area contributed by atoms with Gasteiger partial charge in [-0.15, -0.1) is 0 Å². The Balaban J connectivity index is 1.81. The summed E-state index contributed by atoms with van der Waals surface area (Å²) in [7, 11) is 0. The molecule has 3 N–H and O–H groups in total. The van der Waals surface area contributed by atoms with Gasteiger partial charge in [-0.2, -0.15) is 0 Å². The van der Waals surface area contributed by atoms with Crippen LogP contribution < -0.4 is 11.1 Å². The number of hydrogen-bond donors (Lipinski definition) is 2. The van der Waals surface area contributed by atoms with Crippen molar-refractivity contribution in [2.75, 3.05) is 50.3 Å². The van der Waals surface area contributed by atoms with Crippen molar-refractivity contribution in [2.24, 2.45) is 0 Å². The molecule has 5 nitrogen and oxygen atoms in total. The molecule has 0 spiro atoms. The number of piperazine rings is 1. The highest BCUT2D eigenvalue weighted by Gasteiger charge is 2.18. The molecule has 1 aliphatic rings. The van der Waals surface area contributed by atoms with Crippen LogP contribution in [0.4, 0.5) is 15.8 Å². The van der Waals surface area contributed by atoms with E-state index in [4.69, 9.17) is 5.73 Å². The van der Waals surface area contributed by atoms with E-state index in [9.17, 15) is 9.18 Å². The van der Waals surface area contributed by atoms with Crippen LogP contribution in [0.2, 0.25) is 0 Å². The first kappa shape index (κ1) is 15.7. The van der Waals surface area contributed by atoms with Crippen LogP contribution in [0.25, 0.3) is 0 Å². The summed E-state index contributed by atoms with van der Waals surface area (Å²) in [5, 5.41) is 2.59. The van der Waals surface area contributed by atoms with E-state index >= 15 is 0 Å². The summed E-state index contributed by atoms with van der Waals surface area (Å²) < 4.78 is 13.6. The molecule has 6 heteroatoms. The maximum atomic E-state index is 13.6. The van der Waals surface area contributed by atoms with Crippen molar-refractivity contribution >= 4 is 17.3 Å². The van der Waals surface area contributed by atoms with Gasteiger partial charge in [0.05, 0.1) is 12.2 Å². The topological polar surface area (TPSA) is 61.6 Å². The quantitative estimate of drug-likeness (QED) is 0.805. The summed E-state index contributed by atoms with van der Waals surface area (Å²) in [5.74, 6) is -0.672. The van der Waals surface area contributed by atoms with Crippen molar-refractivity contribution in [1.82, 2.24) is 9.80 Å². The summed E-state index contributed by atoms with van der Waals surface area (Å²) in [6.45, 7) is 7.25. The van der Waals surface area contributed by atoms with Crippen LogP contribution in [0.15, 0.2) is 18.2 Å². The monoisotopic (exact) mass is 294 g/mol. The molecule has 0 aromatic heterocycles. The standard InChI is InChI=1S/C15H23FN4O/c1-2-5-19-6-8-20(9-7-19)11-15(21)18-14-10-12(17)3-4-13(14)16/h3-4,10H,2,5-9,11,17H2,1H3,(H,18,21). The van der Waals surface area contributed by atoms with Crippen LogP contribution in [0.1, 0.15) is 13.3 Å². The number of nitrogens with two attached hydrogens (primary N) is 1. The van der Waals surface area contributed by atoms with Gasteiger partial charge in [-0.1, -0.05) is 6.92 Å². The van der Waals surface area contributed by atoms with E-state index in [1.54, 1.807) is 0 Å². The lowest BCUT2D eigenvalue weighted by molar-refractivity contribution is -0.117. The van der Waals surface area contributed by atoms with Gasteiger partial charge in [-0.25, -0.2) is 4.39 Å². The molecule has 1 aromatic carbocycles. The number of halogens is 1. The van der Waals surface area contributed by atoms with E-state index in [1.165, 1.54) is 18.2 Å². The molecule has 1 saturated heterocycles. The first-order valence-corrected chi connectivity index (χ1v) is 7.38. The lowest BCUT2D eigenvalue weighted by Crippen LogP contribution is -2.48. The van der Waals surface area contributed by atoms with Gasteiger partial charge in [-0.3, -0.25) is 9.69 Å². The molecule has 21 heavy (non-hydrogen) atoms. The molecular weight excluding hydrogens is 271 g/mol. The Morgan fingerprint density at radius 1 is 1.29 bits per heavy atom. The fourth-order valence-electron chi connectivity index (χ4n) is 2.52. The van der Waals surface area contributed by atoms with Crippen molar-refractivity contribution in [2.45, 2.75) is 13.3 Å². The first-order chi connectivity index (χ1) is 10.1. The van der Waals surface area contributed by atoms with E-state index in [-0.39, 0.29) is 18.1 Å². The first-order valence-electron chi connectivity index (χ1n) is 7.38. The van der Waals surface area contributed by atoms with E-state index in [2.05, 4.69) is 22.0 Å². The van der Waals surface area contributed by atoms with Crippen molar-refractivity contribution in [3.63, 3.8) is 0 Å². The van der Waals surface area contributed by atoms with Crippen molar-refractivity contribution in [3.8, 4) is 0 Å². The number of hydrogen-bond acceptors (Lipinski definition) is 4.